The van der Waals surface area contributed by atoms with Gasteiger partial charge >= 0.3 is 0 Å². The lowest BCUT2D eigenvalue weighted by molar-refractivity contribution is 0.153. The Balaban J connectivity index is 2.05. The van der Waals surface area contributed by atoms with Gasteiger partial charge in [0.1, 0.15) is 0 Å². The molecule has 4 heteroatoms. The Morgan fingerprint density at radius 3 is 2.91 bits per heavy atom. The van der Waals surface area contributed by atoms with Crippen molar-refractivity contribution >= 4 is 0 Å². The smallest absolute Gasteiger partial charge is 0.0931 e. The molecule has 0 bridgehead atoms. The van der Waals surface area contributed by atoms with Crippen LogP contribution in [0.25, 0.3) is 0 Å². The van der Waals surface area contributed by atoms with E-state index in [-0.39, 0.29) is 18.9 Å². The van der Waals surface area contributed by atoms with Gasteiger partial charge in [0.2, 0.25) is 0 Å². The van der Waals surface area contributed by atoms with Gasteiger partial charge in [-0.15, -0.1) is 0 Å². The fourth-order valence-electron chi connectivity index (χ4n) is 1.38. The Bertz CT molecular complexity index is 111. The third-order valence-corrected chi connectivity index (χ3v) is 2.06. The second-order valence-corrected chi connectivity index (χ2v) is 2.86. The van der Waals surface area contributed by atoms with E-state index in [1.165, 1.54) is 0 Å². The Morgan fingerprint density at radius 1 is 1.55 bits per heavy atom. The van der Waals surface area contributed by atoms with Gasteiger partial charge in [-0.2, -0.15) is 0 Å². The first-order chi connectivity index (χ1) is 5.34. The third-order valence-electron chi connectivity index (χ3n) is 2.06. The molecule has 2 atom stereocenters. The predicted octanol–water partition coefficient (Wildman–Crippen LogP) is -1.36. The molecule has 1 saturated heterocycles. The largest absolute Gasteiger partial charge is 0.391 e. The molecule has 2 unspecified atom stereocenters. The molecule has 0 spiro atoms. The maximum atomic E-state index is 9.34. The molecule has 0 aromatic rings. The average molecular weight is 160 g/mol. The summed E-state index contributed by atoms with van der Waals surface area (Å²) in [5.74, 6) is 0. The Kier molecular flexibility index (Phi) is 3.79. The molecule has 0 amide bonds. The van der Waals surface area contributed by atoms with Gasteiger partial charge in [0.25, 0.3) is 0 Å². The monoisotopic (exact) mass is 160 g/mol. The maximum Gasteiger partial charge on any atom is 0.0931 e. The predicted molar refractivity (Wildman–Crippen MR) is 42.1 cm³/mol. The molecular formula is C7H16N2O2. The molecule has 1 heterocycles. The van der Waals surface area contributed by atoms with E-state index in [4.69, 9.17) is 5.11 Å². The average Bonchev–Trinajstić information content (AvgIpc) is 2.37. The number of aliphatic hydroxyl groups excluding tert-OH is 2. The van der Waals surface area contributed by atoms with E-state index in [0.717, 1.165) is 25.9 Å². The Hall–Kier alpha value is -0.160. The molecule has 1 aliphatic heterocycles. The van der Waals surface area contributed by atoms with Crippen LogP contribution in [-0.4, -0.2) is 42.2 Å². The van der Waals surface area contributed by atoms with E-state index in [0.29, 0.717) is 0 Å². The first-order valence-corrected chi connectivity index (χ1v) is 4.07. The Labute approximate surface area is 66.6 Å². The van der Waals surface area contributed by atoms with Gasteiger partial charge in [-0.05, 0) is 25.9 Å². The van der Waals surface area contributed by atoms with Crippen molar-refractivity contribution in [2.24, 2.45) is 0 Å². The maximum absolute atomic E-state index is 9.34. The molecule has 0 aromatic carbocycles. The quantitative estimate of drug-likeness (QED) is 0.303. The summed E-state index contributed by atoms with van der Waals surface area (Å²) >= 11 is 0. The van der Waals surface area contributed by atoms with Gasteiger partial charge in [0.05, 0.1) is 12.8 Å². The van der Waals surface area contributed by atoms with Crippen LogP contribution in [0.4, 0.5) is 0 Å². The molecule has 1 rings (SSSR count). The van der Waals surface area contributed by atoms with Crippen LogP contribution < -0.4 is 10.6 Å². The molecular weight excluding hydrogens is 144 g/mol. The lowest BCUT2D eigenvalue weighted by Crippen LogP contribution is -2.33. The van der Waals surface area contributed by atoms with Crippen molar-refractivity contribution in [3.63, 3.8) is 0 Å². The minimum absolute atomic E-state index is 0.0167. The highest BCUT2D eigenvalue weighted by atomic mass is 16.3. The number of hydrogen-bond donors (Lipinski definition) is 4. The summed E-state index contributed by atoms with van der Waals surface area (Å²) in [5.41, 5.74) is 0. The molecule has 0 aromatic heterocycles. The van der Waals surface area contributed by atoms with Crippen molar-refractivity contribution in [1.82, 2.24) is 10.6 Å². The summed E-state index contributed by atoms with van der Waals surface area (Å²) < 4.78 is 0. The molecule has 4 N–H and O–H groups in total. The zero-order chi connectivity index (χ0) is 8.10. The zero-order valence-electron chi connectivity index (χ0n) is 6.58. The standard InChI is InChI=1S/C7H16N2O2/c10-5-8-3-1-6-7(11)2-4-9-6/h6-11H,1-5H2. The summed E-state index contributed by atoms with van der Waals surface area (Å²) in [7, 11) is 0. The van der Waals surface area contributed by atoms with Gasteiger partial charge in [-0.3, -0.25) is 5.32 Å². The summed E-state index contributed by atoms with van der Waals surface area (Å²) in [6.45, 7) is 1.68. The zero-order valence-corrected chi connectivity index (χ0v) is 6.58. The molecule has 0 saturated carbocycles. The van der Waals surface area contributed by atoms with Crippen molar-refractivity contribution in [3.8, 4) is 0 Å². The highest BCUT2D eigenvalue weighted by Gasteiger charge is 2.23. The number of nitrogens with one attached hydrogen (secondary N) is 2. The lowest BCUT2D eigenvalue weighted by Gasteiger charge is -2.13. The van der Waals surface area contributed by atoms with Crippen molar-refractivity contribution in [3.05, 3.63) is 0 Å². The molecule has 0 aliphatic carbocycles. The van der Waals surface area contributed by atoms with E-state index < -0.39 is 0 Å². The summed E-state index contributed by atoms with van der Waals surface area (Å²) in [6.07, 6.45) is 1.53. The van der Waals surface area contributed by atoms with E-state index in [2.05, 4.69) is 10.6 Å². The van der Waals surface area contributed by atoms with Crippen molar-refractivity contribution in [1.29, 1.82) is 0 Å². The van der Waals surface area contributed by atoms with Crippen LogP contribution in [0.2, 0.25) is 0 Å². The third kappa shape index (κ3) is 2.75. The minimum atomic E-state index is -0.199. The van der Waals surface area contributed by atoms with Gasteiger partial charge in [0, 0.05) is 6.04 Å². The van der Waals surface area contributed by atoms with E-state index in [1.54, 1.807) is 0 Å². The van der Waals surface area contributed by atoms with Crippen molar-refractivity contribution in [2.45, 2.75) is 25.0 Å². The fourth-order valence-corrected chi connectivity index (χ4v) is 1.38. The normalized spacial score (nSPS) is 31.1. The summed E-state index contributed by atoms with van der Waals surface area (Å²) in [5, 5.41) is 23.7. The van der Waals surface area contributed by atoms with E-state index in [9.17, 15) is 5.11 Å². The summed E-state index contributed by atoms with van der Waals surface area (Å²) in [4.78, 5) is 0. The first kappa shape index (κ1) is 8.93. The number of aliphatic hydroxyl groups is 2. The van der Waals surface area contributed by atoms with Crippen LogP contribution in [-0.2, 0) is 0 Å². The second kappa shape index (κ2) is 4.66. The summed E-state index contributed by atoms with van der Waals surface area (Å²) in [6, 6.07) is 0.217. The SMILES string of the molecule is OCNCCC1NCCC1O. The highest BCUT2D eigenvalue weighted by molar-refractivity contribution is 4.83. The minimum Gasteiger partial charge on any atom is -0.391 e. The number of rotatable bonds is 4. The molecule has 11 heavy (non-hydrogen) atoms. The lowest BCUT2D eigenvalue weighted by atomic mass is 10.1. The van der Waals surface area contributed by atoms with Gasteiger partial charge < -0.3 is 15.5 Å². The van der Waals surface area contributed by atoms with Gasteiger partial charge in [0.15, 0.2) is 0 Å². The number of hydrogen-bond acceptors (Lipinski definition) is 4. The Morgan fingerprint density at radius 2 is 2.36 bits per heavy atom. The van der Waals surface area contributed by atoms with Gasteiger partial charge in [-0.25, -0.2) is 0 Å². The van der Waals surface area contributed by atoms with Crippen molar-refractivity contribution < 1.29 is 10.2 Å². The van der Waals surface area contributed by atoms with Crippen LogP contribution in [0, 0.1) is 0 Å². The topological polar surface area (TPSA) is 64.5 Å². The highest BCUT2D eigenvalue weighted by Crippen LogP contribution is 2.08. The van der Waals surface area contributed by atoms with Crippen LogP contribution in [0.5, 0.6) is 0 Å². The molecule has 4 nitrogen and oxygen atoms in total. The fraction of sp³-hybridized carbons (Fsp3) is 1.00. The van der Waals surface area contributed by atoms with Crippen LogP contribution in [0.1, 0.15) is 12.8 Å². The van der Waals surface area contributed by atoms with Crippen molar-refractivity contribution in [2.75, 3.05) is 19.8 Å². The van der Waals surface area contributed by atoms with Crippen LogP contribution >= 0.6 is 0 Å². The first-order valence-electron chi connectivity index (χ1n) is 4.07. The van der Waals surface area contributed by atoms with Gasteiger partial charge in [-0.1, -0.05) is 0 Å². The van der Waals surface area contributed by atoms with E-state index in [1.807, 2.05) is 0 Å². The molecule has 1 aliphatic rings. The van der Waals surface area contributed by atoms with Crippen LogP contribution in [0.3, 0.4) is 0 Å². The second-order valence-electron chi connectivity index (χ2n) is 2.86. The molecule has 1 fully saturated rings. The molecule has 0 radical (unpaired) electrons. The molecule has 66 valence electrons. The van der Waals surface area contributed by atoms with E-state index >= 15 is 0 Å². The van der Waals surface area contributed by atoms with Crippen LogP contribution in [0.15, 0.2) is 0 Å².